The van der Waals surface area contributed by atoms with Crippen molar-refractivity contribution < 1.29 is 29.5 Å². The summed E-state index contributed by atoms with van der Waals surface area (Å²) in [4.78, 5) is 22.4. The van der Waals surface area contributed by atoms with Crippen molar-refractivity contribution in [3.63, 3.8) is 0 Å². The summed E-state index contributed by atoms with van der Waals surface area (Å²) in [5, 5.41) is 19.8. The summed E-state index contributed by atoms with van der Waals surface area (Å²) in [7, 11) is 0. The average Bonchev–Trinajstić information content (AvgIpc) is 2.89. The van der Waals surface area contributed by atoms with Gasteiger partial charge < -0.3 is 14.9 Å². The Labute approximate surface area is 173 Å². The van der Waals surface area contributed by atoms with Gasteiger partial charge in [-0.05, 0) is 50.8 Å². The lowest BCUT2D eigenvalue weighted by atomic mass is 9.80. The second kappa shape index (κ2) is 9.02. The maximum absolute atomic E-state index is 11.6. The summed E-state index contributed by atoms with van der Waals surface area (Å²) >= 11 is 0. The van der Waals surface area contributed by atoms with Gasteiger partial charge in [-0.15, -0.1) is 0 Å². The first kappa shape index (κ1) is 22.1. The number of aliphatic hydroxyl groups is 1. The van der Waals surface area contributed by atoms with Crippen LogP contribution in [0.3, 0.4) is 0 Å². The molecular weight excluding hydrogens is 372 g/mol. The Balaban J connectivity index is 1.26. The van der Waals surface area contributed by atoms with E-state index in [9.17, 15) is 15.0 Å². The molecule has 0 spiro atoms. The van der Waals surface area contributed by atoms with Crippen LogP contribution in [-0.2, 0) is 25.7 Å². The Bertz CT molecular complexity index is 689. The largest absolute Gasteiger partial charge is 0.508 e. The van der Waals surface area contributed by atoms with Crippen LogP contribution in [0, 0.1) is 0 Å². The third-order valence-electron chi connectivity index (χ3n) is 6.25. The number of carbonyl (C=O) groups is 1. The number of rotatable bonds is 10. The highest BCUT2D eigenvalue weighted by Crippen LogP contribution is 2.49. The van der Waals surface area contributed by atoms with Crippen molar-refractivity contribution in [3.05, 3.63) is 29.8 Å². The van der Waals surface area contributed by atoms with Crippen molar-refractivity contribution in [2.75, 3.05) is 0 Å². The highest BCUT2D eigenvalue weighted by molar-refractivity contribution is 5.74. The molecule has 3 rings (SSSR count). The van der Waals surface area contributed by atoms with Crippen LogP contribution in [0.5, 0.6) is 5.75 Å². The maximum atomic E-state index is 11.6. The van der Waals surface area contributed by atoms with Gasteiger partial charge in [-0.25, -0.2) is 4.89 Å². The van der Waals surface area contributed by atoms with E-state index in [1.165, 1.54) is 37.7 Å². The summed E-state index contributed by atoms with van der Waals surface area (Å²) in [5.74, 6) is -1.81. The van der Waals surface area contributed by atoms with Crippen molar-refractivity contribution >= 4 is 5.97 Å². The maximum Gasteiger partial charge on any atom is 0.312 e. The Hall–Kier alpha value is -1.63. The number of benzene rings is 1. The summed E-state index contributed by atoms with van der Waals surface area (Å²) < 4.78 is 5.37. The Morgan fingerprint density at radius 3 is 2.24 bits per heavy atom. The number of ether oxygens (including phenoxy) is 1. The topological polar surface area (TPSA) is 85.2 Å². The number of fused-ring (bicyclic) bond motifs is 1. The quantitative estimate of drug-likeness (QED) is 0.337. The van der Waals surface area contributed by atoms with Crippen LogP contribution in [0.25, 0.3) is 0 Å². The van der Waals surface area contributed by atoms with Crippen molar-refractivity contribution in [2.45, 2.75) is 101 Å². The minimum Gasteiger partial charge on any atom is -0.508 e. The lowest BCUT2D eigenvalue weighted by Crippen LogP contribution is -2.60. The number of carbonyl (C=O) groups excluding carboxylic acids is 1. The predicted octanol–water partition coefficient (Wildman–Crippen LogP) is 4.56. The molecule has 2 N–H and O–H groups in total. The minimum atomic E-state index is -1.68. The standard InChI is InChI=1S/C23H34O6/c1-21(17-22(2)23(26,29-28-21)16-20(25)27-22)15-9-7-5-3-4-6-8-10-18-11-13-19(24)14-12-18/h11-14,24,26H,3-10,15-17H2,1-2H3/t21-,22+,23+/m1/s1. The number of phenols is 1. The molecule has 162 valence electrons. The molecule has 2 fully saturated rings. The van der Waals surface area contributed by atoms with Gasteiger partial charge in [0.15, 0.2) is 5.60 Å². The highest BCUT2D eigenvalue weighted by atomic mass is 17.2. The van der Waals surface area contributed by atoms with Gasteiger partial charge in [-0.2, -0.15) is 4.89 Å². The van der Waals surface area contributed by atoms with E-state index in [2.05, 4.69) is 0 Å². The molecule has 1 aromatic carbocycles. The third kappa shape index (κ3) is 5.50. The van der Waals surface area contributed by atoms with E-state index in [0.717, 1.165) is 25.7 Å². The van der Waals surface area contributed by atoms with E-state index in [4.69, 9.17) is 14.5 Å². The Morgan fingerprint density at radius 1 is 0.931 bits per heavy atom. The van der Waals surface area contributed by atoms with Crippen LogP contribution in [0.1, 0.15) is 83.6 Å². The normalized spacial score (nSPS) is 31.5. The minimum absolute atomic E-state index is 0.188. The van der Waals surface area contributed by atoms with Gasteiger partial charge in [0, 0.05) is 6.42 Å². The summed E-state index contributed by atoms with van der Waals surface area (Å²) in [6.07, 6.45) is 10.3. The second-order valence-corrected chi connectivity index (χ2v) is 9.10. The van der Waals surface area contributed by atoms with Gasteiger partial charge in [0.05, 0.1) is 0 Å². The van der Waals surface area contributed by atoms with Crippen LogP contribution in [0.15, 0.2) is 24.3 Å². The van der Waals surface area contributed by atoms with Gasteiger partial charge >= 0.3 is 5.97 Å². The third-order valence-corrected chi connectivity index (χ3v) is 6.25. The zero-order valence-corrected chi connectivity index (χ0v) is 17.6. The summed E-state index contributed by atoms with van der Waals surface area (Å²) in [5.41, 5.74) is -0.330. The van der Waals surface area contributed by atoms with E-state index < -0.39 is 23.0 Å². The molecular formula is C23H34O6. The number of phenolic OH excluding ortho intramolecular Hbond substituents is 1. The van der Waals surface area contributed by atoms with Crippen LogP contribution in [-0.4, -0.2) is 33.2 Å². The van der Waals surface area contributed by atoms with Crippen LogP contribution in [0.4, 0.5) is 0 Å². The number of aromatic hydroxyl groups is 1. The molecule has 0 saturated carbocycles. The summed E-state index contributed by atoms with van der Waals surface area (Å²) in [6.45, 7) is 3.67. The smallest absolute Gasteiger partial charge is 0.312 e. The molecule has 2 heterocycles. The number of hydrogen-bond donors (Lipinski definition) is 2. The first-order chi connectivity index (χ1) is 13.7. The molecule has 0 aliphatic carbocycles. The monoisotopic (exact) mass is 406 g/mol. The molecule has 0 amide bonds. The molecule has 1 aromatic rings. The fourth-order valence-corrected chi connectivity index (χ4v) is 4.46. The number of hydrogen-bond acceptors (Lipinski definition) is 6. The lowest BCUT2D eigenvalue weighted by molar-refractivity contribution is -0.508. The molecule has 3 atom stereocenters. The summed E-state index contributed by atoms with van der Waals surface area (Å²) in [6, 6.07) is 7.46. The molecule has 29 heavy (non-hydrogen) atoms. The molecule has 0 aromatic heterocycles. The van der Waals surface area contributed by atoms with E-state index >= 15 is 0 Å². The zero-order chi connectivity index (χ0) is 21.0. The van der Waals surface area contributed by atoms with Gasteiger partial charge in [0.1, 0.15) is 17.8 Å². The average molecular weight is 407 g/mol. The van der Waals surface area contributed by atoms with E-state index in [0.29, 0.717) is 12.2 Å². The number of esters is 1. The molecule has 2 aliphatic rings. The SMILES string of the molecule is C[C@@]1(CCCCCCCCCc2ccc(O)cc2)C[C@]2(C)OC(=O)C[C@]2(O)OO1. The van der Waals surface area contributed by atoms with Crippen molar-refractivity contribution in [1.29, 1.82) is 0 Å². The molecule has 6 nitrogen and oxygen atoms in total. The van der Waals surface area contributed by atoms with E-state index in [1.54, 1.807) is 19.1 Å². The van der Waals surface area contributed by atoms with Gasteiger partial charge in [-0.1, -0.05) is 50.7 Å². The molecule has 0 bridgehead atoms. The highest BCUT2D eigenvalue weighted by Gasteiger charge is 2.65. The second-order valence-electron chi connectivity index (χ2n) is 9.10. The zero-order valence-electron chi connectivity index (χ0n) is 17.6. The van der Waals surface area contributed by atoms with Crippen LogP contribution < -0.4 is 0 Å². The fourth-order valence-electron chi connectivity index (χ4n) is 4.46. The van der Waals surface area contributed by atoms with Gasteiger partial charge in [0.25, 0.3) is 0 Å². The Morgan fingerprint density at radius 2 is 1.55 bits per heavy atom. The Kier molecular flexibility index (Phi) is 6.87. The van der Waals surface area contributed by atoms with E-state index in [1.807, 2.05) is 19.1 Å². The predicted molar refractivity (Wildman–Crippen MR) is 108 cm³/mol. The molecule has 2 aliphatic heterocycles. The number of unbranched alkanes of at least 4 members (excludes halogenated alkanes) is 6. The lowest BCUT2D eigenvalue weighted by Gasteiger charge is -2.46. The van der Waals surface area contributed by atoms with Crippen molar-refractivity contribution in [2.24, 2.45) is 0 Å². The fraction of sp³-hybridized carbons (Fsp3) is 0.696. The van der Waals surface area contributed by atoms with Gasteiger partial charge in [0.2, 0.25) is 5.79 Å². The van der Waals surface area contributed by atoms with E-state index in [-0.39, 0.29) is 6.42 Å². The molecule has 6 heteroatoms. The van der Waals surface area contributed by atoms with Crippen molar-refractivity contribution in [3.8, 4) is 5.75 Å². The number of aryl methyl sites for hydroxylation is 1. The molecule has 2 saturated heterocycles. The first-order valence-electron chi connectivity index (χ1n) is 10.8. The van der Waals surface area contributed by atoms with Crippen LogP contribution >= 0.6 is 0 Å². The van der Waals surface area contributed by atoms with Crippen LogP contribution in [0.2, 0.25) is 0 Å². The van der Waals surface area contributed by atoms with Crippen molar-refractivity contribution in [1.82, 2.24) is 0 Å². The molecule has 0 radical (unpaired) electrons. The first-order valence-corrected chi connectivity index (χ1v) is 10.8. The molecule has 0 unspecified atom stereocenters. The van der Waals surface area contributed by atoms with Gasteiger partial charge in [-0.3, -0.25) is 4.79 Å².